The summed E-state index contributed by atoms with van der Waals surface area (Å²) in [5, 5.41) is 8.98. The van der Waals surface area contributed by atoms with Crippen molar-refractivity contribution in [3.8, 4) is 0 Å². The van der Waals surface area contributed by atoms with Crippen LogP contribution in [0, 0.1) is 6.92 Å². The number of hydrogen-bond donors (Lipinski definition) is 1. The van der Waals surface area contributed by atoms with Crippen molar-refractivity contribution < 1.29 is 9.53 Å². The van der Waals surface area contributed by atoms with E-state index in [1.165, 1.54) is 10.7 Å². The van der Waals surface area contributed by atoms with E-state index in [1.54, 1.807) is 12.3 Å². The number of amides is 1. The van der Waals surface area contributed by atoms with Gasteiger partial charge in [0.15, 0.2) is 0 Å². The third-order valence-corrected chi connectivity index (χ3v) is 4.53. The van der Waals surface area contributed by atoms with Crippen LogP contribution >= 0.6 is 0 Å². The molecule has 0 spiro atoms. The Morgan fingerprint density at radius 1 is 1.19 bits per heavy atom. The van der Waals surface area contributed by atoms with E-state index in [0.717, 1.165) is 16.5 Å². The van der Waals surface area contributed by atoms with Gasteiger partial charge in [-0.05, 0) is 24.4 Å². The molecule has 3 aromatic rings. The maximum absolute atomic E-state index is 12.8. The average molecular weight is 350 g/mol. The number of nitrogens with zero attached hydrogens (tertiary/aromatic N) is 3. The van der Waals surface area contributed by atoms with Gasteiger partial charge in [0.1, 0.15) is 11.7 Å². The number of ether oxygens (including phenoxy) is 1. The molecule has 1 saturated heterocycles. The Kier molecular flexibility index (Phi) is 4.22. The van der Waals surface area contributed by atoms with Crippen molar-refractivity contribution in [1.29, 1.82) is 0 Å². The smallest absolute Gasteiger partial charge is 0.270 e. The minimum absolute atomic E-state index is 0.214. The summed E-state index contributed by atoms with van der Waals surface area (Å²) in [6.07, 6.45) is 1.62. The second-order valence-corrected chi connectivity index (χ2v) is 6.32. The van der Waals surface area contributed by atoms with Crippen molar-refractivity contribution in [2.24, 2.45) is 0 Å². The maximum atomic E-state index is 12.8. The molecule has 132 valence electrons. The minimum atomic E-state index is -0.352. The van der Waals surface area contributed by atoms with Gasteiger partial charge >= 0.3 is 0 Å². The number of pyridine rings is 1. The molecule has 1 amide bonds. The third-order valence-electron chi connectivity index (χ3n) is 4.53. The lowest BCUT2D eigenvalue weighted by Gasteiger charge is -2.20. The molecule has 3 heterocycles. The Hall–Kier alpha value is -3.06. The summed E-state index contributed by atoms with van der Waals surface area (Å²) >= 11 is 0. The van der Waals surface area contributed by atoms with E-state index in [0.29, 0.717) is 18.9 Å². The zero-order valence-corrected chi connectivity index (χ0v) is 14.3. The van der Waals surface area contributed by atoms with Gasteiger partial charge in [-0.2, -0.15) is 5.10 Å². The topological polar surface area (TPSA) is 86.1 Å². The summed E-state index contributed by atoms with van der Waals surface area (Å²) in [7, 11) is 0. The molecule has 26 heavy (non-hydrogen) atoms. The summed E-state index contributed by atoms with van der Waals surface area (Å²) in [4.78, 5) is 29.2. The number of aryl methyl sites for hydroxylation is 1. The molecule has 1 N–H and O–H groups in total. The van der Waals surface area contributed by atoms with Crippen molar-refractivity contribution >= 4 is 16.7 Å². The molecule has 1 aliphatic rings. The average Bonchev–Trinajstić information content (AvgIpc) is 3.11. The molecule has 0 aliphatic carbocycles. The summed E-state index contributed by atoms with van der Waals surface area (Å²) < 4.78 is 6.90. The number of rotatable bonds is 3. The molecule has 1 aromatic carbocycles. The van der Waals surface area contributed by atoms with Crippen LogP contribution in [0.1, 0.15) is 22.2 Å². The number of carbonyl (C=O) groups excluding carboxylic acids is 1. The summed E-state index contributed by atoms with van der Waals surface area (Å²) in [6, 6.07) is 11.9. The van der Waals surface area contributed by atoms with Gasteiger partial charge in [0.25, 0.3) is 11.5 Å². The molecule has 7 nitrogen and oxygen atoms in total. The van der Waals surface area contributed by atoms with E-state index >= 15 is 0 Å². The van der Waals surface area contributed by atoms with E-state index in [4.69, 9.17) is 4.74 Å². The standard InChI is InChI=1S/C19H18N4O3/c1-12-6-7-17(24)23(22-12)16-11-26-10-15(16)21-19(25)18-14-5-3-2-4-13(14)8-9-20-18/h2-9,15-16H,10-11H2,1H3,(H,21,25). The number of carbonyl (C=O) groups is 1. The highest BCUT2D eigenvalue weighted by Gasteiger charge is 2.33. The lowest BCUT2D eigenvalue weighted by atomic mass is 10.1. The minimum Gasteiger partial charge on any atom is -0.377 e. The van der Waals surface area contributed by atoms with E-state index in [1.807, 2.05) is 37.3 Å². The van der Waals surface area contributed by atoms with Crippen LogP contribution < -0.4 is 10.9 Å². The Morgan fingerprint density at radius 2 is 2.04 bits per heavy atom. The van der Waals surface area contributed by atoms with Gasteiger partial charge in [-0.25, -0.2) is 4.68 Å². The van der Waals surface area contributed by atoms with Crippen LogP contribution in [-0.2, 0) is 4.74 Å². The van der Waals surface area contributed by atoms with E-state index < -0.39 is 0 Å². The fraction of sp³-hybridized carbons (Fsp3) is 0.263. The molecular weight excluding hydrogens is 332 g/mol. The van der Waals surface area contributed by atoms with Gasteiger partial charge in [-0.3, -0.25) is 14.6 Å². The summed E-state index contributed by atoms with van der Waals surface area (Å²) in [5.74, 6) is -0.289. The monoisotopic (exact) mass is 350 g/mol. The Labute approximate surface area is 149 Å². The van der Waals surface area contributed by atoms with E-state index in [-0.39, 0.29) is 23.6 Å². The molecule has 0 saturated carbocycles. The molecule has 4 rings (SSSR count). The maximum Gasteiger partial charge on any atom is 0.270 e. The first-order chi connectivity index (χ1) is 12.6. The SMILES string of the molecule is Cc1ccc(=O)n(C2COCC2NC(=O)c2nccc3ccccc23)n1. The largest absolute Gasteiger partial charge is 0.377 e. The zero-order valence-electron chi connectivity index (χ0n) is 14.3. The number of fused-ring (bicyclic) bond motifs is 1. The number of benzene rings is 1. The zero-order chi connectivity index (χ0) is 18.1. The first kappa shape index (κ1) is 16.4. The third kappa shape index (κ3) is 2.97. The molecule has 0 bridgehead atoms. The Balaban J connectivity index is 1.62. The van der Waals surface area contributed by atoms with Crippen LogP contribution in [-0.4, -0.2) is 39.9 Å². The summed E-state index contributed by atoms with van der Waals surface area (Å²) in [6.45, 7) is 2.47. The van der Waals surface area contributed by atoms with Crippen LogP contribution in [0.25, 0.3) is 10.8 Å². The van der Waals surface area contributed by atoms with Crippen LogP contribution in [0.3, 0.4) is 0 Å². The van der Waals surface area contributed by atoms with Gasteiger partial charge < -0.3 is 10.1 Å². The van der Waals surface area contributed by atoms with Crippen LogP contribution in [0.5, 0.6) is 0 Å². The number of nitrogens with one attached hydrogen (secondary N) is 1. The Bertz CT molecular complexity index is 1030. The lowest BCUT2D eigenvalue weighted by Crippen LogP contribution is -2.44. The fourth-order valence-electron chi connectivity index (χ4n) is 3.22. The molecule has 7 heteroatoms. The molecule has 1 aliphatic heterocycles. The summed E-state index contributed by atoms with van der Waals surface area (Å²) in [5.41, 5.74) is 0.879. The van der Waals surface area contributed by atoms with Crippen LogP contribution in [0.15, 0.2) is 53.5 Å². The predicted molar refractivity (Wildman–Crippen MR) is 96.1 cm³/mol. The quantitative estimate of drug-likeness (QED) is 0.773. The van der Waals surface area contributed by atoms with Crippen LogP contribution in [0.2, 0.25) is 0 Å². The fourth-order valence-corrected chi connectivity index (χ4v) is 3.22. The van der Waals surface area contributed by atoms with E-state index in [9.17, 15) is 9.59 Å². The molecule has 2 atom stereocenters. The molecule has 1 fully saturated rings. The van der Waals surface area contributed by atoms with Gasteiger partial charge in [-0.1, -0.05) is 24.3 Å². The van der Waals surface area contributed by atoms with Gasteiger partial charge in [0.05, 0.1) is 24.9 Å². The lowest BCUT2D eigenvalue weighted by molar-refractivity contribution is 0.0921. The molecule has 2 unspecified atom stereocenters. The van der Waals surface area contributed by atoms with Crippen molar-refractivity contribution in [2.75, 3.05) is 13.2 Å². The highest BCUT2D eigenvalue weighted by molar-refractivity contribution is 6.05. The first-order valence-corrected chi connectivity index (χ1v) is 8.42. The highest BCUT2D eigenvalue weighted by Crippen LogP contribution is 2.20. The predicted octanol–water partition coefficient (Wildman–Crippen LogP) is 1.47. The molecule has 0 radical (unpaired) electrons. The molecular formula is C19H18N4O3. The van der Waals surface area contributed by atoms with Gasteiger partial charge in [-0.15, -0.1) is 0 Å². The second-order valence-electron chi connectivity index (χ2n) is 6.32. The first-order valence-electron chi connectivity index (χ1n) is 8.42. The van der Waals surface area contributed by atoms with Crippen LogP contribution in [0.4, 0.5) is 0 Å². The van der Waals surface area contributed by atoms with Gasteiger partial charge in [0.2, 0.25) is 0 Å². The normalized spacial score (nSPS) is 19.6. The van der Waals surface area contributed by atoms with Crippen molar-refractivity contribution in [2.45, 2.75) is 19.0 Å². The second kappa shape index (κ2) is 6.68. The van der Waals surface area contributed by atoms with Crippen molar-refractivity contribution in [1.82, 2.24) is 20.1 Å². The highest BCUT2D eigenvalue weighted by atomic mass is 16.5. The van der Waals surface area contributed by atoms with Crippen molar-refractivity contribution in [3.63, 3.8) is 0 Å². The van der Waals surface area contributed by atoms with Gasteiger partial charge in [0, 0.05) is 17.6 Å². The number of hydrogen-bond acceptors (Lipinski definition) is 5. The van der Waals surface area contributed by atoms with Crippen molar-refractivity contribution in [3.05, 3.63) is 70.4 Å². The number of aromatic nitrogens is 3. The molecule has 2 aromatic heterocycles. The Morgan fingerprint density at radius 3 is 2.92 bits per heavy atom. The van der Waals surface area contributed by atoms with E-state index in [2.05, 4.69) is 15.4 Å².